The maximum Gasteiger partial charge on any atom is 0.401 e. The van der Waals surface area contributed by atoms with Crippen LogP contribution >= 0.6 is 11.3 Å². The predicted molar refractivity (Wildman–Crippen MR) is 52.7 cm³/mol. The van der Waals surface area contributed by atoms with Crippen molar-refractivity contribution in [3.63, 3.8) is 0 Å². The van der Waals surface area contributed by atoms with E-state index in [2.05, 4.69) is 15.6 Å². The van der Waals surface area contributed by atoms with Crippen LogP contribution in [0, 0.1) is 0 Å². The first kappa shape index (κ1) is 12.4. The highest BCUT2D eigenvalue weighted by Crippen LogP contribution is 2.11. The van der Waals surface area contributed by atoms with E-state index in [1.807, 2.05) is 0 Å². The lowest BCUT2D eigenvalue weighted by molar-refractivity contribution is -0.124. The molecule has 0 fully saturated rings. The third-order valence-electron chi connectivity index (χ3n) is 1.59. The summed E-state index contributed by atoms with van der Waals surface area (Å²) in [6.07, 6.45) is -2.39. The maximum atomic E-state index is 11.7. The van der Waals surface area contributed by atoms with Gasteiger partial charge in [0.2, 0.25) is 0 Å². The van der Waals surface area contributed by atoms with Gasteiger partial charge in [-0.05, 0) is 0 Å². The van der Waals surface area contributed by atoms with Crippen LogP contribution in [0.15, 0.2) is 11.7 Å². The quantitative estimate of drug-likeness (QED) is 0.736. The van der Waals surface area contributed by atoms with Crippen molar-refractivity contribution in [1.29, 1.82) is 0 Å². The molecule has 86 valence electrons. The molecule has 0 aromatic carbocycles. The molecule has 0 atom stereocenters. The lowest BCUT2D eigenvalue weighted by Gasteiger charge is -2.08. The largest absolute Gasteiger partial charge is 0.401 e. The highest BCUT2D eigenvalue weighted by atomic mass is 32.1. The Morgan fingerprint density at radius 2 is 2.00 bits per heavy atom. The number of nitrogens with zero attached hydrogens (tertiary/aromatic N) is 1. The zero-order chi connectivity index (χ0) is 11.1. The molecule has 0 saturated heterocycles. The molecule has 7 heteroatoms. The molecule has 0 radical (unpaired) electrons. The molecule has 1 aromatic rings. The first-order valence-electron chi connectivity index (χ1n) is 4.43. The van der Waals surface area contributed by atoms with E-state index < -0.39 is 12.7 Å². The van der Waals surface area contributed by atoms with Crippen molar-refractivity contribution in [2.45, 2.75) is 12.7 Å². The number of halogens is 3. The van der Waals surface area contributed by atoms with Crippen LogP contribution in [0.1, 0.15) is 4.88 Å². The van der Waals surface area contributed by atoms with Crippen molar-refractivity contribution < 1.29 is 13.2 Å². The van der Waals surface area contributed by atoms with Crippen LogP contribution in [-0.4, -0.2) is 30.8 Å². The summed E-state index contributed by atoms with van der Waals surface area (Å²) >= 11 is 1.52. The minimum Gasteiger partial charge on any atom is -0.311 e. The van der Waals surface area contributed by atoms with Crippen LogP contribution in [0.3, 0.4) is 0 Å². The second kappa shape index (κ2) is 6.04. The van der Waals surface area contributed by atoms with Gasteiger partial charge >= 0.3 is 6.18 Å². The molecule has 0 aliphatic heterocycles. The fraction of sp³-hybridized carbons (Fsp3) is 0.625. The molecular weight excluding hydrogens is 227 g/mol. The van der Waals surface area contributed by atoms with E-state index in [-0.39, 0.29) is 0 Å². The van der Waals surface area contributed by atoms with Crippen LogP contribution in [0.2, 0.25) is 0 Å². The van der Waals surface area contributed by atoms with Crippen molar-refractivity contribution in [3.05, 3.63) is 16.6 Å². The molecule has 1 rings (SSSR count). The Hall–Kier alpha value is -0.660. The van der Waals surface area contributed by atoms with Gasteiger partial charge < -0.3 is 10.6 Å². The molecule has 0 aliphatic carbocycles. The van der Waals surface area contributed by atoms with E-state index in [1.54, 1.807) is 11.7 Å². The third kappa shape index (κ3) is 6.43. The van der Waals surface area contributed by atoms with E-state index in [0.717, 1.165) is 4.88 Å². The van der Waals surface area contributed by atoms with Crippen molar-refractivity contribution >= 4 is 11.3 Å². The van der Waals surface area contributed by atoms with E-state index in [0.29, 0.717) is 19.6 Å². The number of rotatable bonds is 6. The van der Waals surface area contributed by atoms with Crippen LogP contribution in [0.5, 0.6) is 0 Å². The Balaban J connectivity index is 1.94. The fourth-order valence-electron chi connectivity index (χ4n) is 0.948. The molecular formula is C8H12F3N3S. The van der Waals surface area contributed by atoms with E-state index in [4.69, 9.17) is 0 Å². The second-order valence-electron chi connectivity index (χ2n) is 2.94. The van der Waals surface area contributed by atoms with Crippen LogP contribution < -0.4 is 10.6 Å². The van der Waals surface area contributed by atoms with E-state index >= 15 is 0 Å². The fourth-order valence-corrected chi connectivity index (χ4v) is 1.51. The number of aromatic nitrogens is 1. The van der Waals surface area contributed by atoms with E-state index in [9.17, 15) is 13.2 Å². The predicted octanol–water partition coefficient (Wildman–Crippen LogP) is 1.38. The summed E-state index contributed by atoms with van der Waals surface area (Å²) in [4.78, 5) is 4.96. The van der Waals surface area contributed by atoms with Gasteiger partial charge in [-0.15, -0.1) is 11.3 Å². The number of hydrogen-bond acceptors (Lipinski definition) is 4. The van der Waals surface area contributed by atoms with Crippen molar-refractivity contribution in [1.82, 2.24) is 15.6 Å². The van der Waals surface area contributed by atoms with Gasteiger partial charge in [-0.25, -0.2) is 0 Å². The zero-order valence-corrected chi connectivity index (χ0v) is 8.79. The average Bonchev–Trinajstić information content (AvgIpc) is 2.61. The minimum atomic E-state index is -4.13. The first-order valence-corrected chi connectivity index (χ1v) is 5.31. The molecule has 2 N–H and O–H groups in total. The topological polar surface area (TPSA) is 37.0 Å². The normalized spacial score (nSPS) is 11.9. The molecule has 3 nitrogen and oxygen atoms in total. The summed E-state index contributed by atoms with van der Waals surface area (Å²) in [7, 11) is 0. The number of nitrogens with one attached hydrogen (secondary N) is 2. The molecule has 0 bridgehead atoms. The Bertz CT molecular complexity index is 261. The zero-order valence-electron chi connectivity index (χ0n) is 7.97. The van der Waals surface area contributed by atoms with Gasteiger partial charge in [0.05, 0.1) is 12.1 Å². The summed E-state index contributed by atoms with van der Waals surface area (Å²) < 4.78 is 35.1. The highest BCUT2D eigenvalue weighted by molar-refractivity contribution is 7.09. The van der Waals surface area contributed by atoms with Gasteiger partial charge in [0.1, 0.15) is 0 Å². The Kier molecular flexibility index (Phi) is 5.00. The van der Waals surface area contributed by atoms with Crippen LogP contribution in [0.4, 0.5) is 13.2 Å². The smallest absolute Gasteiger partial charge is 0.311 e. The molecule has 15 heavy (non-hydrogen) atoms. The van der Waals surface area contributed by atoms with Crippen molar-refractivity contribution in [2.75, 3.05) is 19.6 Å². The lowest BCUT2D eigenvalue weighted by Crippen LogP contribution is -2.33. The Labute approximate surface area is 89.7 Å². The maximum absolute atomic E-state index is 11.7. The summed E-state index contributed by atoms with van der Waals surface area (Å²) in [5.41, 5.74) is 1.72. The van der Waals surface area contributed by atoms with Crippen molar-refractivity contribution in [3.8, 4) is 0 Å². The molecule has 1 heterocycles. The summed E-state index contributed by atoms with van der Waals surface area (Å²) in [5, 5.41) is 5.32. The van der Waals surface area contributed by atoms with Crippen LogP contribution in [-0.2, 0) is 6.54 Å². The van der Waals surface area contributed by atoms with Gasteiger partial charge in [-0.3, -0.25) is 4.98 Å². The number of alkyl halides is 3. The van der Waals surface area contributed by atoms with Crippen molar-refractivity contribution in [2.24, 2.45) is 0 Å². The van der Waals surface area contributed by atoms with Gasteiger partial charge in [0.15, 0.2) is 0 Å². The second-order valence-corrected chi connectivity index (χ2v) is 3.91. The first-order chi connectivity index (χ1) is 7.08. The summed E-state index contributed by atoms with van der Waals surface area (Å²) in [6, 6.07) is 0. The SMILES string of the molecule is FC(F)(F)CNCCNCc1cncs1. The summed E-state index contributed by atoms with van der Waals surface area (Å²) in [5.74, 6) is 0. The molecule has 0 saturated carbocycles. The molecule has 1 aromatic heterocycles. The van der Waals surface area contributed by atoms with Crippen LogP contribution in [0.25, 0.3) is 0 Å². The Morgan fingerprint density at radius 1 is 1.27 bits per heavy atom. The number of thiazole rings is 1. The van der Waals surface area contributed by atoms with Gasteiger partial charge in [-0.2, -0.15) is 13.2 Å². The average molecular weight is 239 g/mol. The molecule has 0 spiro atoms. The lowest BCUT2D eigenvalue weighted by atomic mass is 10.5. The highest BCUT2D eigenvalue weighted by Gasteiger charge is 2.25. The molecule has 0 aliphatic rings. The molecule has 0 amide bonds. The summed E-state index contributed by atoms with van der Waals surface area (Å²) in [6.45, 7) is 0.528. The Morgan fingerprint density at radius 3 is 2.60 bits per heavy atom. The minimum absolute atomic E-state index is 0.304. The molecule has 0 unspecified atom stereocenters. The van der Waals surface area contributed by atoms with Gasteiger partial charge in [-0.1, -0.05) is 0 Å². The third-order valence-corrected chi connectivity index (χ3v) is 2.37. The van der Waals surface area contributed by atoms with Gasteiger partial charge in [0.25, 0.3) is 0 Å². The standard InChI is InChI=1S/C8H12F3N3S/c9-8(10,11)5-13-2-1-12-3-7-4-14-6-15-7/h4,6,12-13H,1-3,5H2. The number of hydrogen-bond donors (Lipinski definition) is 2. The van der Waals surface area contributed by atoms with E-state index in [1.165, 1.54) is 11.3 Å². The monoisotopic (exact) mass is 239 g/mol. The van der Waals surface area contributed by atoms with Gasteiger partial charge in [0, 0.05) is 30.7 Å².